The summed E-state index contributed by atoms with van der Waals surface area (Å²) in [7, 11) is 1.77. The van der Waals surface area contributed by atoms with Crippen LogP contribution < -0.4 is 5.32 Å². The number of rotatable bonds is 7. The number of aryl methyl sites for hydroxylation is 2. The Labute approximate surface area is 108 Å². The zero-order valence-corrected chi connectivity index (χ0v) is 11.6. The molecule has 0 aliphatic rings. The minimum absolute atomic E-state index is 0.161. The van der Waals surface area contributed by atoms with Gasteiger partial charge in [-0.2, -0.15) is 5.10 Å². The molecule has 6 nitrogen and oxygen atoms in total. The summed E-state index contributed by atoms with van der Waals surface area (Å²) in [6.45, 7) is 6.81. The highest BCUT2D eigenvalue weighted by atomic mass is 16.6. The fourth-order valence-corrected chi connectivity index (χ4v) is 2.10. The van der Waals surface area contributed by atoms with Crippen molar-refractivity contribution in [3.05, 3.63) is 21.5 Å². The van der Waals surface area contributed by atoms with Gasteiger partial charge in [0.15, 0.2) is 0 Å². The topological polar surface area (TPSA) is 73.0 Å². The second-order valence-electron chi connectivity index (χ2n) is 4.52. The summed E-state index contributed by atoms with van der Waals surface area (Å²) in [5.74, 6) is 0. The first-order chi connectivity index (χ1) is 8.51. The summed E-state index contributed by atoms with van der Waals surface area (Å²) in [5.41, 5.74) is 1.35. The fraction of sp³-hybridized carbons (Fsp3) is 0.750. The first-order valence-corrected chi connectivity index (χ1v) is 6.41. The van der Waals surface area contributed by atoms with Crippen LogP contribution >= 0.6 is 0 Å². The largest absolute Gasteiger partial charge is 0.314 e. The zero-order valence-electron chi connectivity index (χ0n) is 11.6. The Hall–Kier alpha value is -1.43. The molecule has 6 heteroatoms. The van der Waals surface area contributed by atoms with Crippen molar-refractivity contribution in [1.82, 2.24) is 15.1 Å². The van der Waals surface area contributed by atoms with E-state index in [1.54, 1.807) is 18.7 Å². The standard InChI is InChI=1S/C12H22N4O2/c1-5-7-13-10(6-2)8-11-12(16(17)18)9(3)14-15(11)4/h10,13H,5-8H2,1-4H3. The Morgan fingerprint density at radius 1 is 1.50 bits per heavy atom. The van der Waals surface area contributed by atoms with Gasteiger partial charge in [0.2, 0.25) is 0 Å². The fourth-order valence-electron chi connectivity index (χ4n) is 2.10. The van der Waals surface area contributed by atoms with Gasteiger partial charge in [-0.05, 0) is 26.3 Å². The van der Waals surface area contributed by atoms with Crippen LogP contribution in [0.4, 0.5) is 5.69 Å². The molecular formula is C12H22N4O2. The molecule has 0 bridgehead atoms. The minimum Gasteiger partial charge on any atom is -0.314 e. The molecule has 0 radical (unpaired) electrons. The molecule has 0 aliphatic carbocycles. The maximum atomic E-state index is 11.1. The second kappa shape index (κ2) is 6.49. The molecule has 1 aromatic heterocycles. The average Bonchev–Trinajstić information content (AvgIpc) is 2.59. The van der Waals surface area contributed by atoms with Gasteiger partial charge >= 0.3 is 5.69 Å². The van der Waals surface area contributed by atoms with Gasteiger partial charge in [-0.15, -0.1) is 0 Å². The summed E-state index contributed by atoms with van der Waals surface area (Å²) in [5, 5.41) is 18.6. The number of hydrogen-bond acceptors (Lipinski definition) is 4. The number of hydrogen-bond donors (Lipinski definition) is 1. The molecule has 102 valence electrons. The monoisotopic (exact) mass is 254 g/mol. The van der Waals surface area contributed by atoms with Gasteiger partial charge in [-0.1, -0.05) is 13.8 Å². The van der Waals surface area contributed by atoms with E-state index >= 15 is 0 Å². The Bertz CT molecular complexity index is 414. The predicted octanol–water partition coefficient (Wildman–Crippen LogP) is 1.96. The lowest BCUT2D eigenvalue weighted by Crippen LogP contribution is -2.32. The van der Waals surface area contributed by atoms with Crippen LogP contribution in [0.15, 0.2) is 0 Å². The summed E-state index contributed by atoms with van der Waals surface area (Å²) in [4.78, 5) is 10.7. The average molecular weight is 254 g/mol. The van der Waals surface area contributed by atoms with E-state index in [1.165, 1.54) is 0 Å². The van der Waals surface area contributed by atoms with Gasteiger partial charge in [0.1, 0.15) is 11.4 Å². The Morgan fingerprint density at radius 2 is 2.17 bits per heavy atom. The van der Waals surface area contributed by atoms with Crippen LogP contribution in [0.5, 0.6) is 0 Å². The molecule has 1 rings (SSSR count). The smallest absolute Gasteiger partial charge is 0.313 e. The molecule has 0 amide bonds. The molecule has 1 atom stereocenters. The van der Waals surface area contributed by atoms with Crippen LogP contribution in [0.1, 0.15) is 38.1 Å². The van der Waals surface area contributed by atoms with Crippen molar-refractivity contribution in [3.8, 4) is 0 Å². The second-order valence-corrected chi connectivity index (χ2v) is 4.52. The van der Waals surface area contributed by atoms with E-state index in [9.17, 15) is 10.1 Å². The maximum Gasteiger partial charge on any atom is 0.313 e. The first kappa shape index (κ1) is 14.6. The van der Waals surface area contributed by atoms with E-state index < -0.39 is 0 Å². The number of aromatic nitrogens is 2. The maximum absolute atomic E-state index is 11.1. The van der Waals surface area contributed by atoms with Crippen LogP contribution in [0.3, 0.4) is 0 Å². The molecule has 1 N–H and O–H groups in total. The van der Waals surface area contributed by atoms with Gasteiger partial charge in [0, 0.05) is 19.5 Å². The molecular weight excluding hydrogens is 232 g/mol. The SMILES string of the molecule is CCCNC(CC)Cc1c([N+](=O)[O-])c(C)nn1C. The molecule has 0 saturated carbocycles. The lowest BCUT2D eigenvalue weighted by molar-refractivity contribution is -0.386. The van der Waals surface area contributed by atoms with E-state index in [4.69, 9.17) is 0 Å². The summed E-state index contributed by atoms with van der Waals surface area (Å²) in [6, 6.07) is 0.262. The normalized spacial score (nSPS) is 12.7. The Kier molecular flexibility index (Phi) is 5.27. The summed E-state index contributed by atoms with van der Waals surface area (Å²) < 4.78 is 1.63. The van der Waals surface area contributed by atoms with Crippen LogP contribution in [0.2, 0.25) is 0 Å². The van der Waals surface area contributed by atoms with Crippen molar-refractivity contribution >= 4 is 5.69 Å². The highest BCUT2D eigenvalue weighted by molar-refractivity contribution is 5.40. The lowest BCUT2D eigenvalue weighted by atomic mass is 10.1. The highest BCUT2D eigenvalue weighted by Crippen LogP contribution is 2.23. The van der Waals surface area contributed by atoms with Crippen molar-refractivity contribution < 1.29 is 4.92 Å². The molecule has 1 heterocycles. The Balaban J connectivity index is 2.91. The third-order valence-corrected chi connectivity index (χ3v) is 3.10. The minimum atomic E-state index is -0.329. The van der Waals surface area contributed by atoms with Crippen LogP contribution in [-0.2, 0) is 13.5 Å². The van der Waals surface area contributed by atoms with Gasteiger partial charge in [-0.3, -0.25) is 14.8 Å². The predicted molar refractivity (Wildman–Crippen MR) is 70.7 cm³/mol. The van der Waals surface area contributed by atoms with Crippen molar-refractivity contribution in [1.29, 1.82) is 0 Å². The van der Waals surface area contributed by atoms with E-state index in [0.29, 0.717) is 17.8 Å². The summed E-state index contributed by atoms with van der Waals surface area (Å²) >= 11 is 0. The van der Waals surface area contributed by atoms with Gasteiger partial charge in [-0.25, -0.2) is 0 Å². The van der Waals surface area contributed by atoms with Crippen molar-refractivity contribution in [2.45, 2.75) is 46.1 Å². The highest BCUT2D eigenvalue weighted by Gasteiger charge is 2.25. The van der Waals surface area contributed by atoms with Gasteiger partial charge in [0.25, 0.3) is 0 Å². The number of nitro groups is 1. The molecule has 1 unspecified atom stereocenters. The lowest BCUT2D eigenvalue weighted by Gasteiger charge is -2.16. The quantitative estimate of drug-likeness (QED) is 0.596. The third kappa shape index (κ3) is 3.29. The Morgan fingerprint density at radius 3 is 2.67 bits per heavy atom. The number of nitrogens with one attached hydrogen (secondary N) is 1. The zero-order chi connectivity index (χ0) is 13.7. The van der Waals surface area contributed by atoms with Crippen molar-refractivity contribution in [3.63, 3.8) is 0 Å². The summed E-state index contributed by atoms with van der Waals surface area (Å²) in [6.07, 6.45) is 2.65. The molecule has 0 saturated heterocycles. The van der Waals surface area contributed by atoms with Crippen LogP contribution in [0, 0.1) is 17.0 Å². The van der Waals surface area contributed by atoms with E-state index in [-0.39, 0.29) is 16.7 Å². The van der Waals surface area contributed by atoms with Crippen molar-refractivity contribution in [2.24, 2.45) is 7.05 Å². The van der Waals surface area contributed by atoms with E-state index in [2.05, 4.69) is 24.3 Å². The molecule has 0 spiro atoms. The van der Waals surface area contributed by atoms with E-state index in [0.717, 1.165) is 19.4 Å². The van der Waals surface area contributed by atoms with Gasteiger partial charge in [0.05, 0.1) is 4.92 Å². The molecule has 0 fully saturated rings. The molecule has 0 aliphatic heterocycles. The number of nitrogens with zero attached hydrogens (tertiary/aromatic N) is 3. The van der Waals surface area contributed by atoms with Crippen LogP contribution in [-0.4, -0.2) is 27.3 Å². The van der Waals surface area contributed by atoms with Gasteiger partial charge < -0.3 is 5.32 Å². The molecule has 1 aromatic rings. The molecule has 18 heavy (non-hydrogen) atoms. The first-order valence-electron chi connectivity index (χ1n) is 6.41. The van der Waals surface area contributed by atoms with E-state index in [1.807, 2.05) is 0 Å². The van der Waals surface area contributed by atoms with Crippen molar-refractivity contribution in [2.75, 3.05) is 6.54 Å². The van der Waals surface area contributed by atoms with Crippen LogP contribution in [0.25, 0.3) is 0 Å². The third-order valence-electron chi connectivity index (χ3n) is 3.10. The molecule has 0 aromatic carbocycles.